The number of amides is 2. The fraction of sp³-hybridized carbons (Fsp3) is 0.0455. The maximum atomic E-state index is 12.9. The van der Waals surface area contributed by atoms with Gasteiger partial charge in [0.05, 0.1) is 6.21 Å². The molecule has 2 N–H and O–H groups in total. The summed E-state index contributed by atoms with van der Waals surface area (Å²) in [6, 6.07) is 19.3. The number of carbonyl (C=O) groups excluding carboxylic acids is 2. The van der Waals surface area contributed by atoms with Crippen LogP contribution in [-0.4, -0.2) is 24.6 Å². The molecule has 0 saturated carbocycles. The Bertz CT molecular complexity index is 1050. The monoisotopic (exact) mass is 469 g/mol. The molecule has 0 bridgehead atoms. The Balaban J connectivity index is 1.56. The summed E-state index contributed by atoms with van der Waals surface area (Å²) in [5.41, 5.74) is 3.97. The lowest BCUT2D eigenvalue weighted by atomic mass is 10.2. The second-order valence-corrected chi connectivity index (χ2v) is 7.00. The van der Waals surface area contributed by atoms with Gasteiger partial charge in [0.2, 0.25) is 0 Å². The largest absolute Gasteiger partial charge is 0.483 e. The van der Waals surface area contributed by atoms with Crippen molar-refractivity contribution in [1.29, 1.82) is 0 Å². The van der Waals surface area contributed by atoms with Gasteiger partial charge in [0.15, 0.2) is 6.61 Å². The van der Waals surface area contributed by atoms with E-state index in [4.69, 9.17) is 4.74 Å². The van der Waals surface area contributed by atoms with Crippen LogP contribution in [0.2, 0.25) is 0 Å². The minimum atomic E-state index is -0.392. The molecular weight excluding hydrogens is 453 g/mol. The van der Waals surface area contributed by atoms with E-state index in [9.17, 15) is 14.0 Å². The number of benzene rings is 3. The second-order valence-electron chi connectivity index (χ2n) is 6.09. The average molecular weight is 470 g/mol. The van der Waals surface area contributed by atoms with Crippen molar-refractivity contribution < 1.29 is 18.7 Å². The zero-order valence-electron chi connectivity index (χ0n) is 15.6. The Kier molecular flexibility index (Phi) is 7.29. The summed E-state index contributed by atoms with van der Waals surface area (Å²) in [6.07, 6.45) is 1.43. The van der Waals surface area contributed by atoms with Gasteiger partial charge in [-0.05, 0) is 60.7 Å². The summed E-state index contributed by atoms with van der Waals surface area (Å²) in [5.74, 6) is -0.703. The van der Waals surface area contributed by atoms with Gasteiger partial charge >= 0.3 is 0 Å². The number of nitrogens with zero attached hydrogens (tertiary/aromatic N) is 1. The number of ether oxygens (including phenoxy) is 1. The fourth-order valence-corrected chi connectivity index (χ4v) is 2.68. The molecule has 0 spiro atoms. The molecule has 0 heterocycles. The summed E-state index contributed by atoms with van der Waals surface area (Å²) in [5, 5.41) is 6.57. The van der Waals surface area contributed by atoms with Crippen molar-refractivity contribution >= 4 is 39.6 Å². The Morgan fingerprint density at radius 3 is 2.43 bits per heavy atom. The molecule has 0 radical (unpaired) electrons. The van der Waals surface area contributed by atoms with E-state index in [0.717, 1.165) is 4.47 Å². The lowest BCUT2D eigenvalue weighted by molar-refractivity contribution is -0.118. The highest BCUT2D eigenvalue weighted by atomic mass is 79.9. The van der Waals surface area contributed by atoms with Crippen molar-refractivity contribution in [3.8, 4) is 5.75 Å². The number of anilines is 1. The molecule has 6 nitrogen and oxygen atoms in total. The van der Waals surface area contributed by atoms with Gasteiger partial charge in [-0.15, -0.1) is 0 Å². The van der Waals surface area contributed by atoms with Gasteiger partial charge in [0, 0.05) is 21.3 Å². The summed E-state index contributed by atoms with van der Waals surface area (Å²) < 4.78 is 19.4. The van der Waals surface area contributed by atoms with E-state index in [0.29, 0.717) is 22.6 Å². The molecule has 8 heteroatoms. The summed E-state index contributed by atoms with van der Waals surface area (Å²) in [6.45, 7) is -0.243. The first-order chi connectivity index (χ1) is 14.5. The van der Waals surface area contributed by atoms with Crippen LogP contribution in [-0.2, 0) is 4.79 Å². The van der Waals surface area contributed by atoms with Gasteiger partial charge in [0.25, 0.3) is 11.8 Å². The summed E-state index contributed by atoms with van der Waals surface area (Å²) in [4.78, 5) is 24.1. The first-order valence-corrected chi connectivity index (χ1v) is 9.67. The standard InChI is InChI=1S/C22H17BrFN3O3/c23-17-7-5-15(6-8-17)22(29)27-25-13-16-3-1-2-4-20(16)30-14-21(28)26-19-11-9-18(24)10-12-19/h1-13H,14H2,(H,26,28)(H,27,29)/b25-13+. The van der Waals surface area contributed by atoms with E-state index in [1.54, 1.807) is 48.5 Å². The van der Waals surface area contributed by atoms with Crippen molar-refractivity contribution in [1.82, 2.24) is 5.43 Å². The maximum Gasteiger partial charge on any atom is 0.271 e. The van der Waals surface area contributed by atoms with Gasteiger partial charge in [-0.1, -0.05) is 28.1 Å². The second kappa shape index (κ2) is 10.3. The lowest BCUT2D eigenvalue weighted by Gasteiger charge is -2.09. The molecule has 0 saturated heterocycles. The van der Waals surface area contributed by atoms with Gasteiger partial charge in [-0.25, -0.2) is 9.82 Å². The topological polar surface area (TPSA) is 79.8 Å². The Labute approximate surface area is 180 Å². The molecule has 3 rings (SSSR count). The van der Waals surface area contributed by atoms with E-state index in [1.165, 1.54) is 30.5 Å². The Hall–Kier alpha value is -3.52. The highest BCUT2D eigenvalue weighted by molar-refractivity contribution is 9.10. The molecule has 2 amide bonds. The molecule has 0 aromatic heterocycles. The van der Waals surface area contributed by atoms with Crippen LogP contribution in [0.4, 0.5) is 10.1 Å². The van der Waals surface area contributed by atoms with E-state index in [-0.39, 0.29) is 18.3 Å². The molecule has 3 aromatic carbocycles. The van der Waals surface area contributed by atoms with Crippen LogP contribution in [0.25, 0.3) is 0 Å². The molecule has 0 aliphatic heterocycles. The van der Waals surface area contributed by atoms with Crippen LogP contribution in [0, 0.1) is 5.82 Å². The van der Waals surface area contributed by atoms with Crippen LogP contribution in [0.5, 0.6) is 5.75 Å². The zero-order chi connectivity index (χ0) is 21.3. The average Bonchev–Trinajstić information content (AvgIpc) is 2.75. The van der Waals surface area contributed by atoms with E-state index in [1.807, 2.05) is 0 Å². The van der Waals surface area contributed by atoms with Gasteiger partial charge in [0.1, 0.15) is 11.6 Å². The first kappa shape index (κ1) is 21.2. The molecule has 0 aliphatic rings. The van der Waals surface area contributed by atoms with Crippen LogP contribution in [0.1, 0.15) is 15.9 Å². The zero-order valence-corrected chi connectivity index (χ0v) is 17.2. The molecule has 152 valence electrons. The number of hydrogen-bond acceptors (Lipinski definition) is 4. The molecule has 0 aliphatic carbocycles. The van der Waals surface area contributed by atoms with Crippen molar-refractivity contribution in [2.45, 2.75) is 0 Å². The minimum absolute atomic E-state index is 0.243. The molecule has 30 heavy (non-hydrogen) atoms. The van der Waals surface area contributed by atoms with Crippen molar-refractivity contribution in [2.24, 2.45) is 5.10 Å². The number of carbonyl (C=O) groups is 2. The summed E-state index contributed by atoms with van der Waals surface area (Å²) >= 11 is 3.31. The quantitative estimate of drug-likeness (QED) is 0.398. The van der Waals surface area contributed by atoms with Gasteiger partial charge in [-0.3, -0.25) is 9.59 Å². The van der Waals surface area contributed by atoms with Crippen molar-refractivity contribution in [2.75, 3.05) is 11.9 Å². The number of para-hydroxylation sites is 1. The summed E-state index contributed by atoms with van der Waals surface area (Å²) in [7, 11) is 0. The number of halogens is 2. The van der Waals surface area contributed by atoms with E-state index in [2.05, 4.69) is 31.8 Å². The molecule has 3 aromatic rings. The third-order valence-corrected chi connectivity index (χ3v) is 4.41. The number of hydrazone groups is 1. The normalized spacial score (nSPS) is 10.6. The number of nitrogens with one attached hydrogen (secondary N) is 2. The van der Waals surface area contributed by atoms with Crippen LogP contribution in [0.3, 0.4) is 0 Å². The van der Waals surface area contributed by atoms with Gasteiger partial charge < -0.3 is 10.1 Å². The van der Waals surface area contributed by atoms with Crippen LogP contribution >= 0.6 is 15.9 Å². The Morgan fingerprint density at radius 1 is 1.00 bits per heavy atom. The van der Waals surface area contributed by atoms with E-state index >= 15 is 0 Å². The Morgan fingerprint density at radius 2 is 1.70 bits per heavy atom. The fourth-order valence-electron chi connectivity index (χ4n) is 2.42. The highest BCUT2D eigenvalue weighted by Gasteiger charge is 2.07. The first-order valence-electron chi connectivity index (χ1n) is 8.87. The van der Waals surface area contributed by atoms with Crippen molar-refractivity contribution in [3.63, 3.8) is 0 Å². The smallest absolute Gasteiger partial charge is 0.271 e. The van der Waals surface area contributed by atoms with Crippen molar-refractivity contribution in [3.05, 3.63) is 94.2 Å². The maximum absolute atomic E-state index is 12.9. The van der Waals surface area contributed by atoms with E-state index < -0.39 is 5.91 Å². The van der Waals surface area contributed by atoms with Crippen LogP contribution < -0.4 is 15.5 Å². The predicted molar refractivity (Wildman–Crippen MR) is 116 cm³/mol. The SMILES string of the molecule is O=C(COc1ccccc1/C=N/NC(=O)c1ccc(Br)cc1)Nc1ccc(F)cc1. The van der Waals surface area contributed by atoms with Crippen LogP contribution in [0.15, 0.2) is 82.4 Å². The highest BCUT2D eigenvalue weighted by Crippen LogP contribution is 2.16. The molecule has 0 atom stereocenters. The minimum Gasteiger partial charge on any atom is -0.483 e. The van der Waals surface area contributed by atoms with Gasteiger partial charge in [-0.2, -0.15) is 5.10 Å². The predicted octanol–water partition coefficient (Wildman–Crippen LogP) is 4.37. The lowest BCUT2D eigenvalue weighted by Crippen LogP contribution is -2.20. The third-order valence-electron chi connectivity index (χ3n) is 3.88. The third kappa shape index (κ3) is 6.25. The number of hydrogen-bond donors (Lipinski definition) is 2. The molecular formula is C22H17BrFN3O3. The number of rotatable bonds is 7. The molecule has 0 fully saturated rings. The molecule has 0 unspecified atom stereocenters.